The molecule has 4 rings (SSSR count). The molecule has 0 saturated heterocycles. The van der Waals surface area contributed by atoms with E-state index in [4.69, 9.17) is 15.2 Å². The summed E-state index contributed by atoms with van der Waals surface area (Å²) in [6.45, 7) is 1.88. The van der Waals surface area contributed by atoms with E-state index in [1.165, 1.54) is 24.3 Å². The number of hydrogen-bond donors (Lipinski definition) is 2. The second-order valence-corrected chi connectivity index (χ2v) is 10.5. The third-order valence-corrected chi connectivity index (χ3v) is 7.68. The van der Waals surface area contributed by atoms with Crippen molar-refractivity contribution in [3.05, 3.63) is 113 Å². The quantitative estimate of drug-likeness (QED) is 0.414. The van der Waals surface area contributed by atoms with Crippen molar-refractivity contribution in [1.82, 2.24) is 0 Å². The van der Waals surface area contributed by atoms with Crippen molar-refractivity contribution in [2.24, 2.45) is 5.73 Å². The topological polar surface area (TPSA) is 152 Å². The Bertz CT molecular complexity index is 1670. The molecule has 0 bridgehead atoms. The Morgan fingerprint density at radius 3 is 2.20 bits per heavy atom. The van der Waals surface area contributed by atoms with Crippen molar-refractivity contribution in [3.8, 4) is 6.07 Å². The highest BCUT2D eigenvalue weighted by Gasteiger charge is 2.43. The van der Waals surface area contributed by atoms with Crippen molar-refractivity contribution >= 4 is 33.3 Å². The Labute approximate surface area is 232 Å². The van der Waals surface area contributed by atoms with Gasteiger partial charge in [0.15, 0.2) is 0 Å². The molecule has 1 unspecified atom stereocenters. The number of nitrogens with two attached hydrogens (primary N) is 1. The number of nitriles is 1. The molecular weight excluding hydrogens is 532 g/mol. The molecule has 1 aliphatic heterocycles. The van der Waals surface area contributed by atoms with Crippen LogP contribution in [0, 0.1) is 18.3 Å². The number of hydrogen-bond acceptors (Lipinski definition) is 9. The number of methoxy groups -OCH3 is 2. The van der Waals surface area contributed by atoms with Crippen LogP contribution >= 0.6 is 0 Å². The second kappa shape index (κ2) is 11.3. The molecule has 0 aliphatic carbocycles. The largest absolute Gasteiger partial charge is 0.466 e. The molecule has 3 aromatic carbocycles. The molecule has 0 radical (unpaired) electrons. The van der Waals surface area contributed by atoms with Gasteiger partial charge >= 0.3 is 11.9 Å². The minimum Gasteiger partial charge on any atom is -0.466 e. The number of sulfonamides is 1. The van der Waals surface area contributed by atoms with Gasteiger partial charge in [-0.25, -0.2) is 18.0 Å². The van der Waals surface area contributed by atoms with Crippen molar-refractivity contribution in [1.29, 1.82) is 5.26 Å². The molecule has 1 atom stereocenters. The third kappa shape index (κ3) is 5.25. The Balaban J connectivity index is 1.93. The summed E-state index contributed by atoms with van der Waals surface area (Å²) in [5.74, 6) is -3.04. The zero-order chi connectivity index (χ0) is 29.0. The smallest absolute Gasteiger partial charge is 0.355 e. The van der Waals surface area contributed by atoms with Gasteiger partial charge in [-0.1, -0.05) is 54.1 Å². The van der Waals surface area contributed by atoms with E-state index in [9.17, 15) is 23.3 Å². The van der Waals surface area contributed by atoms with Crippen LogP contribution in [0.15, 0.2) is 106 Å². The third-order valence-electron chi connectivity index (χ3n) is 6.30. The Morgan fingerprint density at radius 1 is 0.950 bits per heavy atom. The predicted molar refractivity (Wildman–Crippen MR) is 148 cm³/mol. The second-order valence-electron chi connectivity index (χ2n) is 8.80. The summed E-state index contributed by atoms with van der Waals surface area (Å²) in [4.78, 5) is 27.4. The SMILES string of the molecule is COC(=O)C1=C(C(=O)OC)N(c2cccc(S(=O)(=O)Nc3ccc(C)cc3)c2)C(N)=C(C#N)C1c1ccccc1. The van der Waals surface area contributed by atoms with Crippen LogP contribution in [0.2, 0.25) is 0 Å². The fraction of sp³-hybridized carbons (Fsp3) is 0.138. The van der Waals surface area contributed by atoms with Gasteiger partial charge < -0.3 is 15.2 Å². The van der Waals surface area contributed by atoms with Gasteiger partial charge in [0.05, 0.1) is 42.2 Å². The molecule has 11 heteroatoms. The summed E-state index contributed by atoms with van der Waals surface area (Å²) in [5.41, 5.74) is 7.91. The molecule has 204 valence electrons. The molecule has 0 aromatic heterocycles. The number of allylic oxidation sites excluding steroid dienone is 1. The van der Waals surface area contributed by atoms with Crippen LogP contribution in [0.1, 0.15) is 17.0 Å². The lowest BCUT2D eigenvalue weighted by molar-refractivity contribution is -0.139. The molecule has 40 heavy (non-hydrogen) atoms. The molecule has 10 nitrogen and oxygen atoms in total. The van der Waals surface area contributed by atoms with Gasteiger partial charge in [0.25, 0.3) is 10.0 Å². The molecule has 1 aliphatic rings. The summed E-state index contributed by atoms with van der Waals surface area (Å²) < 4.78 is 39.0. The zero-order valence-corrected chi connectivity index (χ0v) is 22.7. The summed E-state index contributed by atoms with van der Waals surface area (Å²) in [6.07, 6.45) is 0. The first-order chi connectivity index (χ1) is 19.1. The normalized spacial score (nSPS) is 15.3. The fourth-order valence-electron chi connectivity index (χ4n) is 4.41. The van der Waals surface area contributed by atoms with Crippen molar-refractivity contribution < 1.29 is 27.5 Å². The van der Waals surface area contributed by atoms with Gasteiger partial charge in [-0.3, -0.25) is 9.62 Å². The lowest BCUT2D eigenvalue weighted by atomic mass is 9.81. The molecule has 0 spiro atoms. The van der Waals surface area contributed by atoms with E-state index in [1.807, 2.05) is 6.92 Å². The molecule has 1 heterocycles. The van der Waals surface area contributed by atoms with Crippen LogP contribution in [0.3, 0.4) is 0 Å². The maximum absolute atomic E-state index is 13.2. The first kappa shape index (κ1) is 27.9. The van der Waals surface area contributed by atoms with E-state index in [1.54, 1.807) is 54.6 Å². The summed E-state index contributed by atoms with van der Waals surface area (Å²) in [5, 5.41) is 10.2. The van der Waals surface area contributed by atoms with Gasteiger partial charge in [-0.2, -0.15) is 5.26 Å². The van der Waals surface area contributed by atoms with Gasteiger partial charge in [-0.05, 0) is 42.8 Å². The first-order valence-corrected chi connectivity index (χ1v) is 13.5. The monoisotopic (exact) mass is 558 g/mol. The number of benzene rings is 3. The van der Waals surface area contributed by atoms with Crippen LogP contribution < -0.4 is 15.4 Å². The number of aryl methyl sites for hydroxylation is 1. The van der Waals surface area contributed by atoms with Crippen LogP contribution in [-0.4, -0.2) is 34.6 Å². The van der Waals surface area contributed by atoms with Crippen molar-refractivity contribution in [3.63, 3.8) is 0 Å². The highest BCUT2D eigenvalue weighted by Crippen LogP contribution is 2.43. The van der Waals surface area contributed by atoms with E-state index in [0.29, 0.717) is 11.3 Å². The van der Waals surface area contributed by atoms with E-state index >= 15 is 0 Å². The number of rotatable bonds is 7. The lowest BCUT2D eigenvalue weighted by Crippen LogP contribution is -2.40. The Hall–Kier alpha value is -5.08. The molecular formula is C29H26N4O6S. The summed E-state index contributed by atoms with van der Waals surface area (Å²) >= 11 is 0. The number of nitrogens with one attached hydrogen (secondary N) is 1. The minimum absolute atomic E-state index is 0.0368. The molecule has 3 N–H and O–H groups in total. The number of carbonyl (C=O) groups is 2. The van der Waals surface area contributed by atoms with E-state index in [0.717, 1.165) is 24.7 Å². The highest BCUT2D eigenvalue weighted by molar-refractivity contribution is 7.92. The fourth-order valence-corrected chi connectivity index (χ4v) is 5.50. The van der Waals surface area contributed by atoms with Crippen LogP contribution in [0.25, 0.3) is 0 Å². The zero-order valence-electron chi connectivity index (χ0n) is 21.9. The molecule has 0 fully saturated rings. The highest BCUT2D eigenvalue weighted by atomic mass is 32.2. The van der Waals surface area contributed by atoms with Crippen molar-refractivity contribution in [2.75, 3.05) is 23.8 Å². The maximum Gasteiger partial charge on any atom is 0.355 e. The maximum atomic E-state index is 13.2. The number of nitrogens with zero attached hydrogens (tertiary/aromatic N) is 2. The first-order valence-electron chi connectivity index (χ1n) is 12.0. The van der Waals surface area contributed by atoms with E-state index in [-0.39, 0.29) is 33.2 Å². The van der Waals surface area contributed by atoms with Gasteiger partial charge in [-0.15, -0.1) is 0 Å². The summed E-state index contributed by atoms with van der Waals surface area (Å²) in [6, 6.07) is 23.0. The predicted octanol–water partition coefficient (Wildman–Crippen LogP) is 3.69. The van der Waals surface area contributed by atoms with E-state index in [2.05, 4.69) is 10.8 Å². The Morgan fingerprint density at radius 2 is 1.60 bits per heavy atom. The number of carbonyl (C=O) groups excluding carboxylic acids is 2. The van der Waals surface area contributed by atoms with Crippen LogP contribution in [0.4, 0.5) is 11.4 Å². The van der Waals surface area contributed by atoms with Crippen molar-refractivity contribution in [2.45, 2.75) is 17.7 Å². The standard InChI is InChI=1S/C29H26N4O6S/c1-18-12-14-20(15-13-18)32-40(36,37)22-11-7-10-21(16-22)33-26(29(35)39-3)25(28(34)38-2)24(23(17-30)27(33)31)19-8-5-4-6-9-19/h4-16,24,32H,31H2,1-3H3. The molecule has 3 aromatic rings. The molecule has 0 saturated carbocycles. The number of ether oxygens (including phenoxy) is 2. The number of anilines is 2. The van der Waals surface area contributed by atoms with Crippen LogP contribution in [0.5, 0.6) is 0 Å². The summed E-state index contributed by atoms with van der Waals surface area (Å²) in [7, 11) is -1.80. The number of esters is 2. The van der Waals surface area contributed by atoms with E-state index < -0.39 is 27.9 Å². The average Bonchev–Trinajstić information content (AvgIpc) is 2.97. The lowest BCUT2D eigenvalue weighted by Gasteiger charge is -2.36. The average molecular weight is 559 g/mol. The minimum atomic E-state index is -4.08. The van der Waals surface area contributed by atoms with Gasteiger partial charge in [0.1, 0.15) is 11.5 Å². The molecule has 0 amide bonds. The van der Waals surface area contributed by atoms with Gasteiger partial charge in [0, 0.05) is 11.4 Å². The Kier molecular flexibility index (Phi) is 7.93. The van der Waals surface area contributed by atoms with Gasteiger partial charge in [0.2, 0.25) is 0 Å². The van der Waals surface area contributed by atoms with Crippen LogP contribution in [-0.2, 0) is 29.1 Å².